The van der Waals surface area contributed by atoms with Gasteiger partial charge in [0, 0.05) is 31.5 Å². The molecule has 0 bridgehead atoms. The summed E-state index contributed by atoms with van der Waals surface area (Å²) in [5, 5.41) is 3.32. The highest BCUT2D eigenvalue weighted by molar-refractivity contribution is 5.86. The topological polar surface area (TPSA) is 45.2 Å². The Morgan fingerprint density at radius 2 is 2.12 bits per heavy atom. The normalized spacial score (nSPS) is 23.8. The summed E-state index contributed by atoms with van der Waals surface area (Å²) in [6.45, 7) is 7.39. The fourth-order valence-electron chi connectivity index (χ4n) is 2.38. The van der Waals surface area contributed by atoms with E-state index in [0.29, 0.717) is 12.6 Å². The van der Waals surface area contributed by atoms with Gasteiger partial charge in [0.15, 0.2) is 0 Å². The molecule has 4 nitrogen and oxygen atoms in total. The van der Waals surface area contributed by atoms with E-state index in [4.69, 9.17) is 0 Å². The summed E-state index contributed by atoms with van der Waals surface area (Å²) in [4.78, 5) is 18.1. The summed E-state index contributed by atoms with van der Waals surface area (Å²) in [7, 11) is 0. The number of hydrogen-bond donors (Lipinski definition) is 1. The first-order valence-electron chi connectivity index (χ1n) is 5.95. The Bertz CT molecular complexity index is 402. The molecule has 0 saturated carbocycles. The van der Waals surface area contributed by atoms with Gasteiger partial charge in [-0.25, -0.2) is 0 Å². The first-order valence-corrected chi connectivity index (χ1v) is 5.95. The molecule has 0 aromatic carbocycles. The Labute approximate surface area is 102 Å². The number of rotatable bonds is 2. The van der Waals surface area contributed by atoms with Gasteiger partial charge in [0.2, 0.25) is 5.91 Å². The molecule has 1 fully saturated rings. The number of carbonyl (C=O) groups is 1. The van der Waals surface area contributed by atoms with E-state index in [0.717, 1.165) is 12.1 Å². The Balaban J connectivity index is 2.13. The van der Waals surface area contributed by atoms with E-state index in [2.05, 4.69) is 17.2 Å². The number of amides is 1. The lowest BCUT2D eigenvalue weighted by Crippen LogP contribution is -2.64. The van der Waals surface area contributed by atoms with Crippen LogP contribution < -0.4 is 5.32 Å². The van der Waals surface area contributed by atoms with Crippen LogP contribution in [0.25, 0.3) is 0 Å². The Kier molecular flexibility index (Phi) is 3.15. The quantitative estimate of drug-likeness (QED) is 0.834. The van der Waals surface area contributed by atoms with Gasteiger partial charge >= 0.3 is 0 Å². The molecule has 1 amide bonds. The van der Waals surface area contributed by atoms with E-state index in [9.17, 15) is 4.79 Å². The van der Waals surface area contributed by atoms with E-state index in [1.807, 2.05) is 30.9 Å². The maximum Gasteiger partial charge on any atom is 0.242 e. The van der Waals surface area contributed by atoms with Gasteiger partial charge in [0.1, 0.15) is 0 Å². The first-order chi connectivity index (χ1) is 7.99. The maximum absolute atomic E-state index is 12.2. The molecular weight excluding hydrogens is 214 g/mol. The van der Waals surface area contributed by atoms with Crippen LogP contribution in [-0.4, -0.2) is 33.9 Å². The lowest BCUT2D eigenvalue weighted by Gasteiger charge is -2.41. The molecule has 1 atom stereocenters. The molecule has 1 saturated heterocycles. The fourth-order valence-corrected chi connectivity index (χ4v) is 2.38. The molecule has 17 heavy (non-hydrogen) atoms. The summed E-state index contributed by atoms with van der Waals surface area (Å²) >= 11 is 0. The van der Waals surface area contributed by atoms with Gasteiger partial charge < -0.3 is 4.90 Å². The number of piperazine rings is 1. The zero-order valence-electron chi connectivity index (χ0n) is 10.6. The lowest BCUT2D eigenvalue weighted by atomic mass is 9.97. The molecule has 0 aliphatic carbocycles. The SMILES string of the molecule is CC1CN(Cc2ccncc2)C(=O)C(C)(C)N1. The summed E-state index contributed by atoms with van der Waals surface area (Å²) < 4.78 is 0. The van der Waals surface area contributed by atoms with Crippen molar-refractivity contribution in [1.82, 2.24) is 15.2 Å². The number of pyridine rings is 1. The van der Waals surface area contributed by atoms with E-state index in [1.54, 1.807) is 12.4 Å². The second kappa shape index (κ2) is 4.45. The van der Waals surface area contributed by atoms with Crippen LogP contribution in [0.5, 0.6) is 0 Å². The van der Waals surface area contributed by atoms with Crippen LogP contribution in [0.4, 0.5) is 0 Å². The van der Waals surface area contributed by atoms with Gasteiger partial charge in [-0.05, 0) is 38.5 Å². The van der Waals surface area contributed by atoms with E-state index >= 15 is 0 Å². The minimum Gasteiger partial charge on any atom is -0.335 e. The van der Waals surface area contributed by atoms with Crippen molar-refractivity contribution in [1.29, 1.82) is 0 Å². The van der Waals surface area contributed by atoms with Crippen molar-refractivity contribution in [2.24, 2.45) is 0 Å². The molecule has 1 aliphatic rings. The molecule has 1 aliphatic heterocycles. The molecule has 1 aromatic heterocycles. The zero-order valence-corrected chi connectivity index (χ0v) is 10.6. The van der Waals surface area contributed by atoms with Crippen LogP contribution in [0.15, 0.2) is 24.5 Å². The zero-order chi connectivity index (χ0) is 12.5. The lowest BCUT2D eigenvalue weighted by molar-refractivity contribution is -0.141. The Morgan fingerprint density at radius 3 is 2.76 bits per heavy atom. The number of hydrogen-bond acceptors (Lipinski definition) is 3. The second-order valence-electron chi connectivity index (χ2n) is 5.21. The van der Waals surface area contributed by atoms with Crippen LogP contribution in [0.2, 0.25) is 0 Å². The highest BCUT2D eigenvalue weighted by Gasteiger charge is 2.37. The predicted octanol–water partition coefficient (Wildman–Crippen LogP) is 1.18. The molecular formula is C13H19N3O. The van der Waals surface area contributed by atoms with Crippen molar-refractivity contribution in [2.75, 3.05) is 6.54 Å². The largest absolute Gasteiger partial charge is 0.335 e. The number of nitrogens with one attached hydrogen (secondary N) is 1. The third-order valence-electron chi connectivity index (χ3n) is 3.05. The van der Waals surface area contributed by atoms with Crippen molar-refractivity contribution in [3.8, 4) is 0 Å². The average Bonchev–Trinajstić information content (AvgIpc) is 2.26. The molecule has 0 radical (unpaired) electrons. The van der Waals surface area contributed by atoms with Crippen LogP contribution in [0.3, 0.4) is 0 Å². The van der Waals surface area contributed by atoms with Gasteiger partial charge in [-0.1, -0.05) is 0 Å². The van der Waals surface area contributed by atoms with Gasteiger partial charge in [-0.3, -0.25) is 15.1 Å². The van der Waals surface area contributed by atoms with E-state index in [1.165, 1.54) is 0 Å². The van der Waals surface area contributed by atoms with Crippen LogP contribution in [-0.2, 0) is 11.3 Å². The minimum atomic E-state index is -0.468. The Morgan fingerprint density at radius 1 is 1.47 bits per heavy atom. The number of carbonyl (C=O) groups excluding carboxylic acids is 1. The summed E-state index contributed by atoms with van der Waals surface area (Å²) in [5.41, 5.74) is 0.656. The van der Waals surface area contributed by atoms with Crippen molar-refractivity contribution >= 4 is 5.91 Å². The van der Waals surface area contributed by atoms with Crippen LogP contribution >= 0.6 is 0 Å². The maximum atomic E-state index is 12.2. The van der Waals surface area contributed by atoms with Crippen molar-refractivity contribution in [3.05, 3.63) is 30.1 Å². The van der Waals surface area contributed by atoms with Crippen molar-refractivity contribution < 1.29 is 4.79 Å². The summed E-state index contributed by atoms with van der Waals surface area (Å²) in [6.07, 6.45) is 3.52. The highest BCUT2D eigenvalue weighted by Crippen LogP contribution is 2.17. The van der Waals surface area contributed by atoms with Gasteiger partial charge in [0.05, 0.1) is 5.54 Å². The predicted molar refractivity (Wildman–Crippen MR) is 66.3 cm³/mol. The third kappa shape index (κ3) is 2.64. The molecule has 2 heterocycles. The standard InChI is InChI=1S/C13H19N3O/c1-10-8-16(12(17)13(2,3)15-10)9-11-4-6-14-7-5-11/h4-7,10,15H,8-9H2,1-3H3. The summed E-state index contributed by atoms with van der Waals surface area (Å²) in [6, 6.07) is 4.23. The molecule has 0 spiro atoms. The molecule has 2 rings (SSSR count). The molecule has 4 heteroatoms. The second-order valence-corrected chi connectivity index (χ2v) is 5.21. The Hall–Kier alpha value is -1.42. The third-order valence-corrected chi connectivity index (χ3v) is 3.05. The van der Waals surface area contributed by atoms with Gasteiger partial charge in [-0.15, -0.1) is 0 Å². The average molecular weight is 233 g/mol. The smallest absolute Gasteiger partial charge is 0.242 e. The molecule has 1 unspecified atom stereocenters. The van der Waals surface area contributed by atoms with Crippen LogP contribution in [0.1, 0.15) is 26.3 Å². The molecule has 1 aromatic rings. The number of aromatic nitrogens is 1. The number of nitrogens with zero attached hydrogens (tertiary/aromatic N) is 2. The van der Waals surface area contributed by atoms with Gasteiger partial charge in [-0.2, -0.15) is 0 Å². The first kappa shape index (κ1) is 12.0. The molecule has 92 valence electrons. The summed E-state index contributed by atoms with van der Waals surface area (Å²) in [5.74, 6) is 0.160. The fraction of sp³-hybridized carbons (Fsp3) is 0.538. The minimum absolute atomic E-state index is 0.160. The monoisotopic (exact) mass is 233 g/mol. The van der Waals surface area contributed by atoms with E-state index < -0.39 is 5.54 Å². The van der Waals surface area contributed by atoms with Crippen molar-refractivity contribution in [3.63, 3.8) is 0 Å². The van der Waals surface area contributed by atoms with Gasteiger partial charge in [0.25, 0.3) is 0 Å². The van der Waals surface area contributed by atoms with Crippen molar-refractivity contribution in [2.45, 2.75) is 38.9 Å². The van der Waals surface area contributed by atoms with Crippen LogP contribution in [0, 0.1) is 0 Å². The van der Waals surface area contributed by atoms with E-state index in [-0.39, 0.29) is 5.91 Å². The molecule has 1 N–H and O–H groups in total. The highest BCUT2D eigenvalue weighted by atomic mass is 16.2.